The first kappa shape index (κ1) is 26.8. The Labute approximate surface area is 191 Å². The molecule has 1 fully saturated rings. The molecular weight excluding hydrogens is 442 g/mol. The molecule has 0 N–H and O–H groups in total. The monoisotopic (exact) mass is 472 g/mol. The lowest BCUT2D eigenvalue weighted by atomic mass is 9.77. The van der Waals surface area contributed by atoms with Crippen molar-refractivity contribution in [1.82, 2.24) is 0 Å². The van der Waals surface area contributed by atoms with E-state index in [4.69, 9.17) is 4.74 Å². The molecule has 0 saturated heterocycles. The highest BCUT2D eigenvalue weighted by molar-refractivity contribution is 5.66. The van der Waals surface area contributed by atoms with E-state index in [9.17, 15) is 26.3 Å². The Morgan fingerprint density at radius 2 is 1.55 bits per heavy atom. The molecule has 3 rings (SSSR count). The van der Waals surface area contributed by atoms with Crippen LogP contribution in [0.3, 0.4) is 0 Å². The molecule has 7 heteroatoms. The fourth-order valence-electron chi connectivity index (χ4n) is 4.35. The van der Waals surface area contributed by atoms with Gasteiger partial charge in [0, 0.05) is 0 Å². The van der Waals surface area contributed by atoms with E-state index in [0.29, 0.717) is 11.3 Å². The maximum Gasteiger partial charge on any atom is 0.298 e. The number of ether oxygens (including phenoxy) is 1. The van der Waals surface area contributed by atoms with Gasteiger partial charge in [0.2, 0.25) is 6.86 Å². The Hall–Kier alpha value is -2.44. The van der Waals surface area contributed by atoms with Gasteiger partial charge in [-0.25, -0.2) is 17.6 Å². The van der Waals surface area contributed by atoms with Crippen LogP contribution in [0.2, 0.25) is 0 Å². The Morgan fingerprint density at radius 1 is 0.970 bits per heavy atom. The average molecular weight is 473 g/mol. The van der Waals surface area contributed by atoms with Crippen LogP contribution in [-0.4, -0.2) is 6.86 Å². The number of hydrogen-bond donors (Lipinski definition) is 0. The topological polar surface area (TPSA) is 9.23 Å². The Bertz CT molecular complexity index is 846. The van der Waals surface area contributed by atoms with Gasteiger partial charge in [-0.3, -0.25) is 0 Å². The van der Waals surface area contributed by atoms with E-state index in [1.807, 2.05) is 0 Å². The van der Waals surface area contributed by atoms with Crippen LogP contribution in [-0.2, 0) is 0 Å². The van der Waals surface area contributed by atoms with E-state index < -0.39 is 30.9 Å². The lowest BCUT2D eigenvalue weighted by Crippen LogP contribution is -2.14. The molecule has 1 nitrogen and oxygen atoms in total. The molecule has 0 radical (unpaired) electrons. The van der Waals surface area contributed by atoms with Crippen molar-refractivity contribution in [2.24, 2.45) is 5.92 Å². The van der Waals surface area contributed by atoms with Crippen molar-refractivity contribution in [3.05, 3.63) is 66.0 Å². The Kier molecular flexibility index (Phi) is 11.3. The fourth-order valence-corrected chi connectivity index (χ4v) is 4.35. The van der Waals surface area contributed by atoms with E-state index in [0.717, 1.165) is 37.2 Å². The molecule has 0 aromatic heterocycles. The number of halogens is 6. The second-order valence-electron chi connectivity index (χ2n) is 8.25. The normalized spacial score (nSPS) is 17.7. The largest absolute Gasteiger partial charge is 0.463 e. The third kappa shape index (κ3) is 8.45. The molecule has 0 heterocycles. The lowest BCUT2D eigenvalue weighted by Gasteiger charge is -2.29. The van der Waals surface area contributed by atoms with Gasteiger partial charge in [-0.2, -0.15) is 8.78 Å². The summed E-state index contributed by atoms with van der Waals surface area (Å²) in [7, 11) is 0. The van der Waals surface area contributed by atoms with Crippen molar-refractivity contribution in [2.75, 3.05) is 6.86 Å². The highest BCUT2D eigenvalue weighted by Crippen LogP contribution is 2.39. The maximum atomic E-state index is 14.8. The lowest BCUT2D eigenvalue weighted by molar-refractivity contribution is 0.192. The molecule has 0 spiro atoms. The zero-order valence-corrected chi connectivity index (χ0v) is 18.7. The molecule has 0 unspecified atom stereocenters. The summed E-state index contributed by atoms with van der Waals surface area (Å²) in [5.41, 5.74) is 1.15. The number of alkyl halides is 1. The van der Waals surface area contributed by atoms with Crippen LogP contribution < -0.4 is 4.74 Å². The van der Waals surface area contributed by atoms with Gasteiger partial charge >= 0.3 is 0 Å². The van der Waals surface area contributed by atoms with Gasteiger partial charge in [0.1, 0.15) is 17.4 Å². The number of benzene rings is 2. The van der Waals surface area contributed by atoms with E-state index in [1.54, 1.807) is 12.1 Å². The summed E-state index contributed by atoms with van der Waals surface area (Å²) >= 11 is 0. The Balaban J connectivity index is 0.000000696. The van der Waals surface area contributed by atoms with Gasteiger partial charge in [0.25, 0.3) is 6.08 Å². The molecule has 1 aliphatic rings. The Morgan fingerprint density at radius 3 is 2.03 bits per heavy atom. The third-order valence-corrected chi connectivity index (χ3v) is 6.05. The molecule has 0 atom stereocenters. The zero-order valence-electron chi connectivity index (χ0n) is 18.7. The number of unbranched alkanes of at least 4 members (excludes halogenated alkanes) is 2. The number of hydrogen-bond acceptors (Lipinski definition) is 1. The summed E-state index contributed by atoms with van der Waals surface area (Å²) in [5, 5.41) is 0. The first-order chi connectivity index (χ1) is 15.9. The summed E-state index contributed by atoms with van der Waals surface area (Å²) in [5.74, 6) is 0.250. The van der Waals surface area contributed by atoms with Crippen LogP contribution in [0.4, 0.5) is 26.3 Å². The molecule has 1 aliphatic carbocycles. The van der Waals surface area contributed by atoms with Crippen LogP contribution in [0.25, 0.3) is 11.1 Å². The van der Waals surface area contributed by atoms with E-state index in [2.05, 4.69) is 6.92 Å². The minimum Gasteiger partial charge on any atom is -0.463 e. The van der Waals surface area contributed by atoms with Gasteiger partial charge in [-0.05, 0) is 72.9 Å². The van der Waals surface area contributed by atoms with Crippen molar-refractivity contribution >= 4 is 0 Å². The fraction of sp³-hybridized carbons (Fsp3) is 0.462. The highest BCUT2D eigenvalue weighted by Gasteiger charge is 2.24. The molecule has 0 amide bonds. The van der Waals surface area contributed by atoms with Gasteiger partial charge in [0.15, 0.2) is 6.33 Å². The standard InChI is InChI=1S/C24H29F3O.C2HF3/c1-2-3-4-5-17-6-8-18(9-7-17)20-14-22(26)24(23(27)15-20)19-10-12-21(13-11-19)28-16-25;3-1-2(4)5/h10-15,17-18H,2-9,16H2,1H3;1H. The molecule has 0 aliphatic heterocycles. The van der Waals surface area contributed by atoms with Gasteiger partial charge in [-0.1, -0.05) is 44.7 Å². The number of rotatable bonds is 8. The van der Waals surface area contributed by atoms with Crippen molar-refractivity contribution in [1.29, 1.82) is 0 Å². The van der Waals surface area contributed by atoms with Crippen molar-refractivity contribution < 1.29 is 31.1 Å². The highest BCUT2D eigenvalue weighted by atomic mass is 19.3. The van der Waals surface area contributed by atoms with Crippen LogP contribution in [0.15, 0.2) is 48.8 Å². The molecule has 1 saturated carbocycles. The minimum atomic E-state index is -2.29. The third-order valence-electron chi connectivity index (χ3n) is 6.05. The molecule has 0 bridgehead atoms. The van der Waals surface area contributed by atoms with Gasteiger partial charge in [0.05, 0.1) is 5.56 Å². The summed E-state index contributed by atoms with van der Waals surface area (Å²) in [6.45, 7) is 1.29. The molecular formula is C26H30F6O. The first-order valence-corrected chi connectivity index (χ1v) is 11.3. The van der Waals surface area contributed by atoms with Gasteiger partial charge < -0.3 is 4.74 Å². The smallest absolute Gasteiger partial charge is 0.298 e. The molecule has 33 heavy (non-hydrogen) atoms. The quantitative estimate of drug-likeness (QED) is 0.275. The second kappa shape index (κ2) is 14.0. The molecule has 182 valence electrons. The first-order valence-electron chi connectivity index (χ1n) is 11.3. The summed E-state index contributed by atoms with van der Waals surface area (Å²) in [4.78, 5) is 0. The predicted molar refractivity (Wildman–Crippen MR) is 119 cm³/mol. The van der Waals surface area contributed by atoms with Crippen molar-refractivity contribution in [3.63, 3.8) is 0 Å². The van der Waals surface area contributed by atoms with Crippen molar-refractivity contribution in [3.8, 4) is 16.9 Å². The zero-order chi connectivity index (χ0) is 24.2. The predicted octanol–water partition coefficient (Wildman–Crippen LogP) is 9.49. The molecule has 2 aromatic carbocycles. The van der Waals surface area contributed by atoms with Crippen LogP contribution in [0.5, 0.6) is 5.75 Å². The SMILES string of the molecule is CCCCCC1CCC(c2cc(F)c(-c3ccc(OCF)cc3)c(F)c2)CC1.FC=C(F)F. The summed E-state index contributed by atoms with van der Waals surface area (Å²) in [6, 6.07) is 9.11. The van der Waals surface area contributed by atoms with Crippen LogP contribution in [0.1, 0.15) is 69.8 Å². The minimum absolute atomic E-state index is 0.0381. The van der Waals surface area contributed by atoms with E-state index >= 15 is 0 Å². The maximum absolute atomic E-state index is 14.8. The average Bonchev–Trinajstić information content (AvgIpc) is 2.81. The molecule has 2 aromatic rings. The summed E-state index contributed by atoms with van der Waals surface area (Å²) in [6.07, 6.45) is 6.37. The van der Waals surface area contributed by atoms with E-state index in [1.165, 1.54) is 49.9 Å². The van der Waals surface area contributed by atoms with Crippen LogP contribution in [0, 0.1) is 17.6 Å². The van der Waals surface area contributed by atoms with Crippen LogP contribution >= 0.6 is 0 Å². The van der Waals surface area contributed by atoms with E-state index in [-0.39, 0.29) is 11.5 Å². The van der Waals surface area contributed by atoms with Crippen molar-refractivity contribution in [2.45, 2.75) is 64.2 Å². The van der Waals surface area contributed by atoms with Gasteiger partial charge in [-0.15, -0.1) is 0 Å². The second-order valence-corrected chi connectivity index (χ2v) is 8.25. The summed E-state index contributed by atoms with van der Waals surface area (Å²) < 4.78 is 77.2.